The third-order valence-electron chi connectivity index (χ3n) is 7.18. The summed E-state index contributed by atoms with van der Waals surface area (Å²) in [4.78, 5) is 61.2. The standard InChI is InChI=1S/C31H33ClN6O8/c1-4-45-31(42)28-18(3)35-17(2)27(29(28)20-6-5-7-21(14-20)38(43)44)30(41)34-13-12-33-26(40)16-46-24-10-8-19(15-22(24)32)23-9-11-25(39)37-36-23/h5-8,10,14-15,29,35H,4,9,11-13,16H2,1-3H3,(H,33,40)(H,34,41)(H,37,39). The second kappa shape index (κ2) is 15.2. The van der Waals surface area contributed by atoms with Crippen LogP contribution in [0.4, 0.5) is 5.69 Å². The van der Waals surface area contributed by atoms with Gasteiger partial charge in [0.05, 0.1) is 33.8 Å². The summed E-state index contributed by atoms with van der Waals surface area (Å²) in [7, 11) is 0. The van der Waals surface area contributed by atoms with Crippen molar-refractivity contribution in [3.8, 4) is 5.75 Å². The van der Waals surface area contributed by atoms with Gasteiger partial charge in [-0.05, 0) is 50.1 Å². The van der Waals surface area contributed by atoms with Gasteiger partial charge in [0.2, 0.25) is 11.8 Å². The van der Waals surface area contributed by atoms with E-state index in [1.165, 1.54) is 18.2 Å². The van der Waals surface area contributed by atoms with Crippen LogP contribution < -0.4 is 26.1 Å². The molecule has 0 bridgehead atoms. The lowest BCUT2D eigenvalue weighted by Gasteiger charge is -2.31. The van der Waals surface area contributed by atoms with Gasteiger partial charge in [0, 0.05) is 55.0 Å². The largest absolute Gasteiger partial charge is 0.482 e. The Labute approximate surface area is 269 Å². The maximum absolute atomic E-state index is 13.5. The number of hydrogen-bond donors (Lipinski definition) is 4. The number of rotatable bonds is 12. The lowest BCUT2D eigenvalue weighted by Crippen LogP contribution is -2.40. The van der Waals surface area contributed by atoms with Crippen LogP contribution in [0.15, 0.2) is 70.1 Å². The molecule has 2 heterocycles. The lowest BCUT2D eigenvalue weighted by atomic mass is 9.80. The molecule has 2 aromatic rings. The van der Waals surface area contributed by atoms with E-state index in [0.717, 1.165) is 5.56 Å². The Kier molecular flexibility index (Phi) is 11.1. The maximum Gasteiger partial charge on any atom is 0.336 e. The van der Waals surface area contributed by atoms with Crippen LogP contribution in [0, 0.1) is 10.1 Å². The number of nitrogens with one attached hydrogen (secondary N) is 4. The summed E-state index contributed by atoms with van der Waals surface area (Å²) in [5.41, 5.74) is 5.29. The minimum atomic E-state index is -0.941. The smallest absolute Gasteiger partial charge is 0.336 e. The minimum Gasteiger partial charge on any atom is -0.482 e. The van der Waals surface area contributed by atoms with Crippen LogP contribution in [0.1, 0.15) is 50.7 Å². The topological polar surface area (TPSA) is 190 Å². The van der Waals surface area contributed by atoms with E-state index in [9.17, 15) is 29.3 Å². The van der Waals surface area contributed by atoms with Gasteiger partial charge in [0.25, 0.3) is 11.6 Å². The fourth-order valence-corrected chi connectivity index (χ4v) is 5.31. The Balaban J connectivity index is 1.37. The van der Waals surface area contributed by atoms with Gasteiger partial charge in [-0.3, -0.25) is 24.5 Å². The molecule has 4 rings (SSSR count). The number of carbonyl (C=O) groups excluding carboxylic acids is 4. The van der Waals surface area contributed by atoms with Crippen LogP contribution in [-0.4, -0.2) is 60.6 Å². The van der Waals surface area contributed by atoms with Crippen LogP contribution in [0.25, 0.3) is 0 Å². The van der Waals surface area contributed by atoms with Crippen molar-refractivity contribution in [2.75, 3.05) is 26.3 Å². The van der Waals surface area contributed by atoms with Crippen LogP contribution in [0.2, 0.25) is 5.02 Å². The van der Waals surface area contributed by atoms with E-state index in [-0.39, 0.29) is 59.8 Å². The van der Waals surface area contributed by atoms with Crippen LogP contribution in [0.5, 0.6) is 5.75 Å². The number of esters is 1. The molecule has 0 radical (unpaired) electrons. The summed E-state index contributed by atoms with van der Waals surface area (Å²) >= 11 is 6.32. The SMILES string of the molecule is CCOC(=O)C1=C(C)NC(C)=C(C(=O)NCCNC(=O)COc2ccc(C3=NNC(=O)CC3)cc2Cl)C1c1cccc([N+](=O)[O-])c1. The zero-order valence-corrected chi connectivity index (χ0v) is 26.2. The Hall–Kier alpha value is -5.24. The van der Waals surface area contributed by atoms with Gasteiger partial charge in [-0.2, -0.15) is 5.10 Å². The van der Waals surface area contributed by atoms with Crippen molar-refractivity contribution in [1.29, 1.82) is 0 Å². The fourth-order valence-electron chi connectivity index (χ4n) is 5.07. The second-order valence-electron chi connectivity index (χ2n) is 10.3. The van der Waals surface area contributed by atoms with Gasteiger partial charge < -0.3 is 25.4 Å². The molecule has 0 saturated heterocycles. The first-order valence-electron chi connectivity index (χ1n) is 14.4. The molecule has 2 aliphatic heterocycles. The summed E-state index contributed by atoms with van der Waals surface area (Å²) in [6.07, 6.45) is 0.806. The number of allylic oxidation sites excluding steroid dienone is 2. The Morgan fingerprint density at radius 2 is 1.80 bits per heavy atom. The Morgan fingerprint density at radius 1 is 1.07 bits per heavy atom. The highest BCUT2D eigenvalue weighted by molar-refractivity contribution is 6.32. The highest BCUT2D eigenvalue weighted by atomic mass is 35.5. The van der Waals surface area contributed by atoms with Crippen molar-refractivity contribution in [1.82, 2.24) is 21.4 Å². The molecule has 2 aliphatic rings. The number of hydrazone groups is 1. The number of nitro benzene ring substituents is 1. The van der Waals surface area contributed by atoms with Crippen molar-refractivity contribution in [2.45, 2.75) is 39.5 Å². The first-order valence-corrected chi connectivity index (χ1v) is 14.8. The molecule has 1 unspecified atom stereocenters. The average molecular weight is 653 g/mol. The summed E-state index contributed by atoms with van der Waals surface area (Å²) in [6.45, 7) is 4.85. The lowest BCUT2D eigenvalue weighted by molar-refractivity contribution is -0.384. The summed E-state index contributed by atoms with van der Waals surface area (Å²) in [5, 5.41) is 24.2. The van der Waals surface area contributed by atoms with Crippen molar-refractivity contribution in [2.24, 2.45) is 5.10 Å². The van der Waals surface area contributed by atoms with E-state index in [1.54, 1.807) is 45.0 Å². The number of amides is 3. The third-order valence-corrected chi connectivity index (χ3v) is 7.47. The molecule has 4 N–H and O–H groups in total. The molecule has 242 valence electrons. The van der Waals surface area contributed by atoms with Gasteiger partial charge in [-0.1, -0.05) is 23.7 Å². The van der Waals surface area contributed by atoms with Crippen LogP contribution in [0.3, 0.4) is 0 Å². The Bertz CT molecular complexity index is 1670. The quantitative estimate of drug-likeness (QED) is 0.116. The maximum atomic E-state index is 13.5. The number of benzene rings is 2. The molecular weight excluding hydrogens is 620 g/mol. The molecular formula is C31H33ClN6O8. The Morgan fingerprint density at radius 3 is 2.48 bits per heavy atom. The van der Waals surface area contributed by atoms with Gasteiger partial charge in [0.15, 0.2) is 6.61 Å². The van der Waals surface area contributed by atoms with Gasteiger partial charge in [-0.15, -0.1) is 0 Å². The van der Waals surface area contributed by atoms with Gasteiger partial charge >= 0.3 is 5.97 Å². The number of nitrogens with zero attached hydrogens (tertiary/aromatic N) is 2. The van der Waals surface area contributed by atoms with Crippen molar-refractivity contribution in [3.05, 3.63) is 91.3 Å². The van der Waals surface area contributed by atoms with Crippen LogP contribution in [-0.2, 0) is 23.9 Å². The van der Waals surface area contributed by atoms with Crippen molar-refractivity contribution >= 4 is 46.7 Å². The normalized spacial score (nSPS) is 16.1. The first kappa shape index (κ1) is 33.6. The zero-order valence-electron chi connectivity index (χ0n) is 25.4. The third kappa shape index (κ3) is 8.07. The number of carbonyl (C=O) groups is 4. The number of dihydropyridines is 1. The molecule has 46 heavy (non-hydrogen) atoms. The van der Waals surface area contributed by atoms with E-state index in [4.69, 9.17) is 21.1 Å². The van der Waals surface area contributed by atoms with E-state index in [1.807, 2.05) is 0 Å². The molecule has 2 aromatic carbocycles. The van der Waals surface area contributed by atoms with Gasteiger partial charge in [0.1, 0.15) is 5.75 Å². The molecule has 0 aromatic heterocycles. The predicted molar refractivity (Wildman–Crippen MR) is 168 cm³/mol. The summed E-state index contributed by atoms with van der Waals surface area (Å²) in [5.74, 6) is -2.45. The van der Waals surface area contributed by atoms with E-state index in [2.05, 4.69) is 26.5 Å². The molecule has 0 saturated carbocycles. The average Bonchev–Trinajstić information content (AvgIpc) is 3.02. The van der Waals surface area contributed by atoms with E-state index < -0.39 is 28.6 Å². The molecule has 15 heteroatoms. The molecule has 0 aliphatic carbocycles. The number of halogens is 1. The first-order chi connectivity index (χ1) is 22.0. The predicted octanol–water partition coefficient (Wildman–Crippen LogP) is 2.97. The number of nitro groups is 1. The van der Waals surface area contributed by atoms with Crippen LogP contribution >= 0.6 is 11.6 Å². The van der Waals surface area contributed by atoms with Crippen molar-refractivity contribution in [3.63, 3.8) is 0 Å². The highest BCUT2D eigenvalue weighted by Gasteiger charge is 2.37. The van der Waals surface area contributed by atoms with Gasteiger partial charge in [-0.25, -0.2) is 10.2 Å². The monoisotopic (exact) mass is 652 g/mol. The second-order valence-corrected chi connectivity index (χ2v) is 10.7. The molecule has 14 nitrogen and oxygen atoms in total. The molecule has 3 amide bonds. The highest BCUT2D eigenvalue weighted by Crippen LogP contribution is 2.39. The number of ether oxygens (including phenoxy) is 2. The zero-order chi connectivity index (χ0) is 33.4. The van der Waals surface area contributed by atoms with E-state index in [0.29, 0.717) is 35.5 Å². The number of non-ortho nitro benzene ring substituents is 1. The number of hydrogen-bond acceptors (Lipinski definition) is 10. The fraction of sp³-hybridized carbons (Fsp3) is 0.323. The minimum absolute atomic E-state index is 0.0363. The molecule has 0 fully saturated rings. The molecule has 1 atom stereocenters. The van der Waals surface area contributed by atoms with E-state index >= 15 is 0 Å². The summed E-state index contributed by atoms with van der Waals surface area (Å²) < 4.78 is 10.8. The molecule has 0 spiro atoms. The summed E-state index contributed by atoms with van der Waals surface area (Å²) in [6, 6.07) is 10.7. The van der Waals surface area contributed by atoms with Crippen molar-refractivity contribution < 1.29 is 33.6 Å².